The number of amides is 1. The van der Waals surface area contributed by atoms with Crippen molar-refractivity contribution in [1.29, 1.82) is 0 Å². The maximum atomic E-state index is 13.4. The van der Waals surface area contributed by atoms with Crippen LogP contribution in [0.3, 0.4) is 0 Å². The van der Waals surface area contributed by atoms with Crippen molar-refractivity contribution in [3.8, 4) is 11.4 Å². The minimum atomic E-state index is -0.253. The number of fused-ring (bicyclic) bond motifs is 1. The van der Waals surface area contributed by atoms with Gasteiger partial charge in [-0.25, -0.2) is 9.37 Å². The van der Waals surface area contributed by atoms with Crippen molar-refractivity contribution >= 4 is 12.0 Å². The summed E-state index contributed by atoms with van der Waals surface area (Å²) in [5, 5.41) is 0. The number of ether oxygens (including phenoxy) is 1. The number of halogens is 1. The Hall–Kier alpha value is -3.41. The monoisotopic (exact) mass is 431 g/mol. The Labute approximate surface area is 187 Å². The fourth-order valence-electron chi connectivity index (χ4n) is 4.97. The number of carbonyl (C=O) groups excluding carboxylic acids is 1. The largest absolute Gasteiger partial charge is 0.495 e. The summed E-state index contributed by atoms with van der Waals surface area (Å²) in [6.07, 6.45) is 9.32. The first kappa shape index (κ1) is 20.5. The number of aryl methyl sites for hydroxylation is 1. The number of benzene rings is 2. The molecule has 3 heterocycles. The minimum absolute atomic E-state index is 0.0122. The van der Waals surface area contributed by atoms with E-state index in [-0.39, 0.29) is 23.8 Å². The van der Waals surface area contributed by atoms with Gasteiger partial charge in [-0.3, -0.25) is 4.79 Å². The summed E-state index contributed by atoms with van der Waals surface area (Å²) in [7, 11) is 1.65. The van der Waals surface area contributed by atoms with Gasteiger partial charge in [-0.1, -0.05) is 18.2 Å². The molecule has 2 saturated heterocycles. The van der Waals surface area contributed by atoms with Gasteiger partial charge in [-0.15, -0.1) is 0 Å². The van der Waals surface area contributed by atoms with Gasteiger partial charge in [0.25, 0.3) is 5.91 Å². The van der Waals surface area contributed by atoms with Crippen LogP contribution in [0, 0.1) is 12.7 Å². The summed E-state index contributed by atoms with van der Waals surface area (Å²) in [6.45, 7) is 1.95. The molecule has 164 valence electrons. The second-order valence-corrected chi connectivity index (χ2v) is 8.57. The lowest BCUT2D eigenvalue weighted by molar-refractivity contribution is -0.131. The summed E-state index contributed by atoms with van der Waals surface area (Å²) in [5.41, 5.74) is 4.58. The molecule has 0 N–H and O–H groups in total. The van der Waals surface area contributed by atoms with Crippen LogP contribution in [0.25, 0.3) is 11.8 Å². The number of hydrogen-bond acceptors (Lipinski definition) is 3. The Kier molecular flexibility index (Phi) is 5.29. The van der Waals surface area contributed by atoms with E-state index in [9.17, 15) is 9.18 Å². The van der Waals surface area contributed by atoms with E-state index in [0.717, 1.165) is 59.5 Å². The summed E-state index contributed by atoms with van der Waals surface area (Å²) in [5.74, 6) is 0.557. The SMILES string of the molecule is COc1cc(/C=C2\CCC3CC[C@H](c4ccc(F)cc4)N3C2=O)ccc1-n1cnc(C)c1. The summed E-state index contributed by atoms with van der Waals surface area (Å²) in [4.78, 5) is 19.8. The predicted molar refractivity (Wildman–Crippen MR) is 121 cm³/mol. The molecule has 5 rings (SSSR count). The van der Waals surface area contributed by atoms with Gasteiger partial charge >= 0.3 is 0 Å². The zero-order chi connectivity index (χ0) is 22.2. The van der Waals surface area contributed by atoms with E-state index >= 15 is 0 Å². The molecule has 3 aromatic rings. The Morgan fingerprint density at radius 3 is 2.66 bits per heavy atom. The standard InChI is InChI=1S/C26H26FN3O2/c1-17-15-29(16-28-17)24-11-3-18(14-25(24)32-2)13-20-6-9-22-10-12-23(30(22)26(20)31)19-4-7-21(27)8-5-19/h3-5,7-8,11,13-16,22-23H,6,9-10,12H2,1-2H3/b20-13+/t22?,23-/m1/s1. The lowest BCUT2D eigenvalue weighted by Crippen LogP contribution is -2.41. The van der Waals surface area contributed by atoms with E-state index < -0.39 is 0 Å². The number of carbonyl (C=O) groups is 1. The van der Waals surface area contributed by atoms with Gasteiger partial charge in [-0.05, 0) is 74.1 Å². The van der Waals surface area contributed by atoms with E-state index in [1.807, 2.05) is 46.9 Å². The third-order valence-corrected chi connectivity index (χ3v) is 6.55. The molecule has 2 atom stereocenters. The topological polar surface area (TPSA) is 47.4 Å². The molecule has 5 nitrogen and oxygen atoms in total. The molecular formula is C26H26FN3O2. The van der Waals surface area contributed by atoms with Crippen LogP contribution >= 0.6 is 0 Å². The highest BCUT2D eigenvalue weighted by atomic mass is 19.1. The van der Waals surface area contributed by atoms with Crippen LogP contribution < -0.4 is 4.74 Å². The van der Waals surface area contributed by atoms with Gasteiger partial charge in [0.15, 0.2) is 0 Å². The van der Waals surface area contributed by atoms with Crippen molar-refractivity contribution in [3.05, 3.63) is 83.2 Å². The summed E-state index contributed by atoms with van der Waals surface area (Å²) >= 11 is 0. The van der Waals surface area contributed by atoms with Gasteiger partial charge < -0.3 is 14.2 Å². The molecule has 0 saturated carbocycles. The zero-order valence-electron chi connectivity index (χ0n) is 18.3. The first-order valence-corrected chi connectivity index (χ1v) is 11.0. The molecular weight excluding hydrogens is 405 g/mol. The van der Waals surface area contributed by atoms with Gasteiger partial charge in [0.2, 0.25) is 0 Å². The summed E-state index contributed by atoms with van der Waals surface area (Å²) in [6, 6.07) is 12.8. The van der Waals surface area contributed by atoms with E-state index in [4.69, 9.17) is 4.74 Å². The number of methoxy groups -OCH3 is 1. The van der Waals surface area contributed by atoms with E-state index in [1.165, 1.54) is 12.1 Å². The van der Waals surface area contributed by atoms with Crippen molar-refractivity contribution in [3.63, 3.8) is 0 Å². The Morgan fingerprint density at radius 2 is 1.94 bits per heavy atom. The van der Waals surface area contributed by atoms with E-state index in [0.29, 0.717) is 0 Å². The van der Waals surface area contributed by atoms with Crippen molar-refractivity contribution in [2.45, 2.75) is 44.7 Å². The third kappa shape index (κ3) is 3.70. The molecule has 0 spiro atoms. The van der Waals surface area contributed by atoms with Crippen molar-refractivity contribution < 1.29 is 13.9 Å². The molecule has 2 aromatic carbocycles. The molecule has 2 fully saturated rings. The lowest BCUT2D eigenvalue weighted by atomic mass is 9.95. The fourth-order valence-corrected chi connectivity index (χ4v) is 4.97. The quantitative estimate of drug-likeness (QED) is 0.531. The van der Waals surface area contributed by atoms with Crippen molar-refractivity contribution in [2.24, 2.45) is 0 Å². The first-order valence-electron chi connectivity index (χ1n) is 11.0. The molecule has 6 heteroatoms. The average molecular weight is 432 g/mol. The normalized spacial score (nSPS) is 21.8. The van der Waals surface area contributed by atoms with Crippen LogP contribution in [0.5, 0.6) is 5.75 Å². The highest BCUT2D eigenvalue weighted by molar-refractivity contribution is 5.99. The van der Waals surface area contributed by atoms with Crippen molar-refractivity contribution in [2.75, 3.05) is 7.11 Å². The molecule has 0 aliphatic carbocycles. The maximum Gasteiger partial charge on any atom is 0.250 e. The first-order chi connectivity index (χ1) is 15.5. The molecule has 1 amide bonds. The van der Waals surface area contributed by atoms with Crippen LogP contribution in [0.1, 0.15) is 48.5 Å². The third-order valence-electron chi connectivity index (χ3n) is 6.55. The van der Waals surface area contributed by atoms with Crippen molar-refractivity contribution in [1.82, 2.24) is 14.5 Å². The zero-order valence-corrected chi connectivity index (χ0v) is 18.3. The van der Waals surface area contributed by atoms with Crippen LogP contribution in [0.15, 0.2) is 60.6 Å². The number of imidazole rings is 1. The molecule has 0 bridgehead atoms. The smallest absolute Gasteiger partial charge is 0.250 e. The Morgan fingerprint density at radius 1 is 1.12 bits per heavy atom. The second kappa shape index (κ2) is 8.26. The fraction of sp³-hybridized carbons (Fsp3) is 0.308. The van der Waals surface area contributed by atoms with Gasteiger partial charge in [-0.2, -0.15) is 0 Å². The number of piperidine rings is 1. The van der Waals surface area contributed by atoms with Gasteiger partial charge in [0.1, 0.15) is 11.6 Å². The Balaban J connectivity index is 1.43. The predicted octanol–water partition coefficient (Wildman–Crippen LogP) is 5.24. The van der Waals surface area contributed by atoms with Crippen LogP contribution in [-0.4, -0.2) is 33.5 Å². The van der Waals surface area contributed by atoms with Crippen LogP contribution in [-0.2, 0) is 4.79 Å². The molecule has 0 radical (unpaired) electrons. The van der Waals surface area contributed by atoms with Gasteiger partial charge in [0.05, 0.1) is 30.9 Å². The highest BCUT2D eigenvalue weighted by Gasteiger charge is 2.41. The Bertz CT molecular complexity index is 1180. The second-order valence-electron chi connectivity index (χ2n) is 8.57. The summed E-state index contributed by atoms with van der Waals surface area (Å²) < 4.78 is 20.9. The van der Waals surface area contributed by atoms with Crippen LogP contribution in [0.4, 0.5) is 4.39 Å². The molecule has 2 aliphatic heterocycles. The molecule has 1 aromatic heterocycles. The molecule has 2 aliphatic rings. The number of nitrogens with zero attached hydrogens (tertiary/aromatic N) is 3. The minimum Gasteiger partial charge on any atom is -0.495 e. The lowest BCUT2D eigenvalue weighted by Gasteiger charge is -2.35. The number of hydrogen-bond donors (Lipinski definition) is 0. The van der Waals surface area contributed by atoms with Crippen LogP contribution in [0.2, 0.25) is 0 Å². The molecule has 1 unspecified atom stereocenters. The highest BCUT2D eigenvalue weighted by Crippen LogP contribution is 2.42. The number of aromatic nitrogens is 2. The average Bonchev–Trinajstić information content (AvgIpc) is 3.43. The van der Waals surface area contributed by atoms with E-state index in [1.54, 1.807) is 25.6 Å². The maximum absolute atomic E-state index is 13.4. The number of rotatable bonds is 4. The molecule has 32 heavy (non-hydrogen) atoms. The van der Waals surface area contributed by atoms with E-state index in [2.05, 4.69) is 4.98 Å². The van der Waals surface area contributed by atoms with Gasteiger partial charge in [0, 0.05) is 17.8 Å².